The van der Waals surface area contributed by atoms with Crippen LogP contribution in [0.3, 0.4) is 0 Å². The van der Waals surface area contributed by atoms with Crippen molar-refractivity contribution >= 4 is 23.5 Å². The molecule has 1 aromatic carbocycles. The first-order chi connectivity index (χ1) is 10.6. The SMILES string of the molecule is Cc1nc2ncnn2c(N(C)C)c1Cc1ccc(SN)cc1. The smallest absolute Gasteiger partial charge is 0.254 e. The molecule has 0 aliphatic heterocycles. The van der Waals surface area contributed by atoms with Crippen molar-refractivity contribution in [1.29, 1.82) is 0 Å². The van der Waals surface area contributed by atoms with Gasteiger partial charge in [-0.15, -0.1) is 0 Å². The van der Waals surface area contributed by atoms with E-state index in [1.165, 1.54) is 23.8 Å². The van der Waals surface area contributed by atoms with Gasteiger partial charge in [0.1, 0.15) is 12.1 Å². The first-order valence-corrected chi connectivity index (χ1v) is 7.80. The van der Waals surface area contributed by atoms with Gasteiger partial charge in [-0.05, 0) is 36.6 Å². The normalized spacial score (nSPS) is 11.1. The van der Waals surface area contributed by atoms with Crippen LogP contribution in [0.15, 0.2) is 35.5 Å². The van der Waals surface area contributed by atoms with E-state index in [1.807, 2.05) is 33.2 Å². The summed E-state index contributed by atoms with van der Waals surface area (Å²) in [6.45, 7) is 2.01. The summed E-state index contributed by atoms with van der Waals surface area (Å²) in [4.78, 5) is 11.8. The number of aryl methyl sites for hydroxylation is 1. The second-order valence-electron chi connectivity index (χ2n) is 5.30. The Kier molecular flexibility index (Phi) is 4.00. The van der Waals surface area contributed by atoms with Crippen LogP contribution < -0.4 is 10.0 Å². The quantitative estimate of drug-likeness (QED) is 0.743. The second kappa shape index (κ2) is 5.94. The van der Waals surface area contributed by atoms with Gasteiger partial charge in [-0.25, -0.2) is 4.98 Å². The van der Waals surface area contributed by atoms with Crippen LogP contribution in [0.2, 0.25) is 0 Å². The Bertz CT molecular complexity index is 794. The Morgan fingerprint density at radius 3 is 2.59 bits per heavy atom. The molecule has 0 atom stereocenters. The Morgan fingerprint density at radius 2 is 1.95 bits per heavy atom. The van der Waals surface area contributed by atoms with Gasteiger partial charge in [0.05, 0.1) is 0 Å². The van der Waals surface area contributed by atoms with Crippen LogP contribution in [-0.2, 0) is 6.42 Å². The summed E-state index contributed by atoms with van der Waals surface area (Å²) >= 11 is 1.26. The van der Waals surface area contributed by atoms with Crippen molar-refractivity contribution in [2.75, 3.05) is 19.0 Å². The van der Waals surface area contributed by atoms with E-state index in [1.54, 1.807) is 4.52 Å². The Hall–Kier alpha value is -2.12. The van der Waals surface area contributed by atoms with E-state index < -0.39 is 0 Å². The maximum Gasteiger partial charge on any atom is 0.254 e. The van der Waals surface area contributed by atoms with Gasteiger partial charge in [0.2, 0.25) is 0 Å². The standard InChI is InChI=1S/C15H18N6S/c1-10-13(8-11-4-6-12(22-16)7-5-11)14(20(2)3)21-15(19-10)17-9-18-21/h4-7,9H,8,16H2,1-3H3. The van der Waals surface area contributed by atoms with Crippen LogP contribution in [-0.4, -0.2) is 33.7 Å². The number of rotatable bonds is 4. The minimum atomic E-state index is 0.625. The van der Waals surface area contributed by atoms with Gasteiger partial charge in [-0.1, -0.05) is 12.1 Å². The lowest BCUT2D eigenvalue weighted by molar-refractivity contribution is 0.863. The largest absolute Gasteiger partial charge is 0.362 e. The molecule has 3 rings (SSSR count). The first kappa shape index (κ1) is 14.8. The molecule has 114 valence electrons. The number of anilines is 1. The highest BCUT2D eigenvalue weighted by Gasteiger charge is 2.16. The average Bonchev–Trinajstić information content (AvgIpc) is 2.95. The minimum Gasteiger partial charge on any atom is -0.362 e. The first-order valence-electron chi connectivity index (χ1n) is 6.92. The van der Waals surface area contributed by atoms with Crippen LogP contribution in [0.5, 0.6) is 0 Å². The summed E-state index contributed by atoms with van der Waals surface area (Å²) in [5.41, 5.74) is 3.34. The number of fused-ring (bicyclic) bond motifs is 1. The number of aromatic nitrogens is 4. The Morgan fingerprint density at radius 1 is 1.23 bits per heavy atom. The highest BCUT2D eigenvalue weighted by molar-refractivity contribution is 7.97. The molecule has 2 N–H and O–H groups in total. The van der Waals surface area contributed by atoms with E-state index in [0.29, 0.717) is 5.78 Å². The van der Waals surface area contributed by atoms with E-state index in [0.717, 1.165) is 28.4 Å². The topological polar surface area (TPSA) is 72.3 Å². The van der Waals surface area contributed by atoms with E-state index in [4.69, 9.17) is 5.14 Å². The summed E-state index contributed by atoms with van der Waals surface area (Å²) in [6, 6.07) is 8.26. The van der Waals surface area contributed by atoms with Crippen LogP contribution in [0, 0.1) is 6.92 Å². The summed E-state index contributed by atoms with van der Waals surface area (Å²) in [6.07, 6.45) is 2.32. The third-order valence-electron chi connectivity index (χ3n) is 3.57. The van der Waals surface area contributed by atoms with E-state index >= 15 is 0 Å². The minimum absolute atomic E-state index is 0.625. The van der Waals surface area contributed by atoms with Gasteiger partial charge in [0, 0.05) is 36.7 Å². The zero-order valence-corrected chi connectivity index (χ0v) is 13.6. The van der Waals surface area contributed by atoms with Gasteiger partial charge >= 0.3 is 0 Å². The van der Waals surface area contributed by atoms with Crippen molar-refractivity contribution in [2.45, 2.75) is 18.2 Å². The molecule has 0 unspecified atom stereocenters. The molecule has 3 aromatic rings. The van der Waals surface area contributed by atoms with Crippen molar-refractivity contribution in [3.8, 4) is 0 Å². The molecule has 0 amide bonds. The zero-order valence-electron chi connectivity index (χ0n) is 12.8. The fraction of sp³-hybridized carbons (Fsp3) is 0.267. The molecule has 0 fully saturated rings. The summed E-state index contributed by atoms with van der Waals surface area (Å²) < 4.78 is 1.78. The van der Waals surface area contributed by atoms with Gasteiger partial charge in [0.15, 0.2) is 0 Å². The van der Waals surface area contributed by atoms with E-state index in [2.05, 4.69) is 32.1 Å². The third kappa shape index (κ3) is 2.65. The zero-order chi connectivity index (χ0) is 15.7. The van der Waals surface area contributed by atoms with Gasteiger partial charge in [-0.2, -0.15) is 14.6 Å². The molecule has 0 saturated carbocycles. The predicted molar refractivity (Wildman–Crippen MR) is 89.1 cm³/mol. The van der Waals surface area contributed by atoms with Gasteiger partial charge < -0.3 is 4.90 Å². The Balaban J connectivity index is 2.08. The molecular weight excluding hydrogens is 296 g/mol. The van der Waals surface area contributed by atoms with E-state index in [9.17, 15) is 0 Å². The summed E-state index contributed by atoms with van der Waals surface area (Å²) in [5, 5.41) is 9.86. The van der Waals surface area contributed by atoms with Crippen LogP contribution in [0.1, 0.15) is 16.8 Å². The monoisotopic (exact) mass is 314 g/mol. The molecule has 0 bridgehead atoms. The molecule has 6 nitrogen and oxygen atoms in total. The van der Waals surface area contributed by atoms with Crippen molar-refractivity contribution in [3.63, 3.8) is 0 Å². The molecule has 0 spiro atoms. The maximum atomic E-state index is 5.57. The van der Waals surface area contributed by atoms with Crippen molar-refractivity contribution in [2.24, 2.45) is 5.14 Å². The van der Waals surface area contributed by atoms with E-state index in [-0.39, 0.29) is 0 Å². The molecule has 2 heterocycles. The number of benzene rings is 1. The highest BCUT2D eigenvalue weighted by atomic mass is 32.2. The molecule has 0 saturated heterocycles. The van der Waals surface area contributed by atoms with Crippen LogP contribution in [0.25, 0.3) is 5.78 Å². The fourth-order valence-corrected chi connectivity index (χ4v) is 2.82. The molecule has 0 radical (unpaired) electrons. The maximum absolute atomic E-state index is 5.57. The van der Waals surface area contributed by atoms with Gasteiger partial charge in [-0.3, -0.25) is 5.14 Å². The Labute approximate surface area is 133 Å². The van der Waals surface area contributed by atoms with Crippen LogP contribution in [0.4, 0.5) is 5.82 Å². The molecule has 0 aliphatic rings. The molecular formula is C15H18N6S. The lowest BCUT2D eigenvalue weighted by atomic mass is 10.0. The van der Waals surface area contributed by atoms with Crippen molar-refractivity contribution < 1.29 is 0 Å². The highest BCUT2D eigenvalue weighted by Crippen LogP contribution is 2.25. The lowest BCUT2D eigenvalue weighted by Crippen LogP contribution is -2.18. The number of nitrogens with two attached hydrogens (primary N) is 1. The second-order valence-corrected chi connectivity index (χ2v) is 6.01. The molecule has 7 heteroatoms. The summed E-state index contributed by atoms with van der Waals surface area (Å²) in [7, 11) is 4.01. The number of nitrogens with zero attached hydrogens (tertiary/aromatic N) is 5. The number of hydrogen-bond donors (Lipinski definition) is 1. The fourth-order valence-electron chi connectivity index (χ4n) is 2.52. The number of hydrogen-bond acceptors (Lipinski definition) is 6. The summed E-state index contributed by atoms with van der Waals surface area (Å²) in [5.74, 6) is 1.64. The third-order valence-corrected chi connectivity index (χ3v) is 4.11. The van der Waals surface area contributed by atoms with Crippen molar-refractivity contribution in [1.82, 2.24) is 19.6 Å². The molecule has 0 aliphatic carbocycles. The molecule has 22 heavy (non-hydrogen) atoms. The van der Waals surface area contributed by atoms with Crippen LogP contribution >= 0.6 is 11.9 Å². The van der Waals surface area contributed by atoms with Gasteiger partial charge in [0.25, 0.3) is 5.78 Å². The van der Waals surface area contributed by atoms with Crippen molar-refractivity contribution in [3.05, 3.63) is 47.4 Å². The molecule has 2 aromatic heterocycles. The average molecular weight is 314 g/mol. The predicted octanol–water partition coefficient (Wildman–Crippen LogP) is 2.06. The lowest BCUT2D eigenvalue weighted by Gasteiger charge is -2.19.